The second kappa shape index (κ2) is 10.7. The molecule has 2 heterocycles. The number of fused-ring (bicyclic) bond motifs is 1. The number of anilines is 1. The Bertz CT molecular complexity index is 954. The van der Waals surface area contributed by atoms with Gasteiger partial charge in [0, 0.05) is 50.0 Å². The number of amides is 1. The molecule has 0 saturated carbocycles. The van der Waals surface area contributed by atoms with E-state index >= 15 is 0 Å². The number of likely N-dealkylation sites (N-methyl/N-ethyl adjacent to an activating group) is 1. The number of thiocarbonyl (C=S) groups is 1. The Morgan fingerprint density at radius 2 is 1.87 bits per heavy atom. The summed E-state index contributed by atoms with van der Waals surface area (Å²) in [7, 11) is 2.07. The van der Waals surface area contributed by atoms with Crippen LogP contribution in [0.4, 0.5) is 5.69 Å². The quantitative estimate of drug-likeness (QED) is 0.252. The number of para-hydroxylation sites is 1. The normalized spacial score (nSPS) is 16.3. The second-order valence-electron chi connectivity index (χ2n) is 7.12. The first-order chi connectivity index (χ1) is 14.7. The molecule has 2 aromatic rings. The lowest BCUT2D eigenvalue weighted by Gasteiger charge is -2.31. The molecule has 1 aromatic carbocycles. The van der Waals surface area contributed by atoms with E-state index < -0.39 is 15.9 Å². The fourth-order valence-corrected chi connectivity index (χ4v) is 3.58. The maximum atomic E-state index is 12.4. The van der Waals surface area contributed by atoms with Gasteiger partial charge in [0.1, 0.15) is 6.17 Å². The number of halogens is 3. The minimum Gasteiger partial charge on any atom is -0.375 e. The van der Waals surface area contributed by atoms with Gasteiger partial charge in [0.15, 0.2) is 5.11 Å². The largest absolute Gasteiger partial charge is 0.375 e. The molecule has 1 aliphatic heterocycles. The van der Waals surface area contributed by atoms with Gasteiger partial charge in [0.2, 0.25) is 9.70 Å². The van der Waals surface area contributed by atoms with Gasteiger partial charge in [-0.2, -0.15) is 0 Å². The Morgan fingerprint density at radius 1 is 1.16 bits per heavy atom. The van der Waals surface area contributed by atoms with E-state index in [2.05, 4.69) is 37.8 Å². The molecule has 31 heavy (non-hydrogen) atoms. The Hall–Kier alpha value is -1.84. The molecule has 1 aliphatic rings. The standard InChI is InChI=1S/C20H23Cl3N6OS/c1-28-10-12-29(13-11-28)9-7-16(30)26-18(20(21,22)23)27-19(31)25-15-6-2-4-14-5-3-8-24-17(14)15/h2-9,18H,10-13H2,1H3,(H,26,30)(H2,25,27,31)/b9-7+. The Morgan fingerprint density at radius 3 is 2.58 bits per heavy atom. The average molecular weight is 502 g/mol. The predicted octanol–water partition coefficient (Wildman–Crippen LogP) is 3.09. The molecule has 1 unspecified atom stereocenters. The third-order valence-corrected chi connectivity index (χ3v) is 5.62. The van der Waals surface area contributed by atoms with Crippen LogP contribution in [0.1, 0.15) is 0 Å². The van der Waals surface area contributed by atoms with Crippen LogP contribution in [0.3, 0.4) is 0 Å². The number of hydrogen-bond donors (Lipinski definition) is 3. The molecule has 166 valence electrons. The lowest BCUT2D eigenvalue weighted by Crippen LogP contribution is -2.55. The maximum Gasteiger partial charge on any atom is 0.247 e. The number of hydrogen-bond acceptors (Lipinski definition) is 5. The van der Waals surface area contributed by atoms with Gasteiger partial charge in [-0.3, -0.25) is 9.78 Å². The van der Waals surface area contributed by atoms with E-state index in [0.717, 1.165) is 37.1 Å². The van der Waals surface area contributed by atoms with Gasteiger partial charge in [0.05, 0.1) is 11.2 Å². The van der Waals surface area contributed by atoms with Crippen LogP contribution in [0.25, 0.3) is 10.9 Å². The minimum absolute atomic E-state index is 0.179. The van der Waals surface area contributed by atoms with Crippen molar-refractivity contribution in [3.8, 4) is 0 Å². The molecule has 0 spiro atoms. The topological polar surface area (TPSA) is 72.5 Å². The number of carbonyl (C=O) groups is 1. The van der Waals surface area contributed by atoms with Crippen molar-refractivity contribution in [3.63, 3.8) is 0 Å². The summed E-state index contributed by atoms with van der Waals surface area (Å²) in [6, 6.07) is 9.46. The molecule has 1 fully saturated rings. The molecule has 3 N–H and O–H groups in total. The van der Waals surface area contributed by atoms with Gasteiger partial charge < -0.3 is 25.8 Å². The molecular formula is C20H23Cl3N6OS. The fourth-order valence-electron chi connectivity index (χ4n) is 3.03. The van der Waals surface area contributed by atoms with Crippen molar-refractivity contribution >= 4 is 74.6 Å². The minimum atomic E-state index is -1.83. The van der Waals surface area contributed by atoms with Crippen LogP contribution in [-0.4, -0.2) is 69.0 Å². The van der Waals surface area contributed by atoms with Crippen LogP contribution < -0.4 is 16.0 Å². The molecule has 1 atom stereocenters. The first-order valence-corrected chi connectivity index (χ1v) is 11.2. The first kappa shape index (κ1) is 23.8. The summed E-state index contributed by atoms with van der Waals surface area (Å²) in [6.45, 7) is 3.57. The SMILES string of the molecule is CN1CCN(/C=C/C(=O)NC(NC(=S)Nc2cccc3cccnc23)C(Cl)(Cl)Cl)CC1. The van der Waals surface area contributed by atoms with Gasteiger partial charge in [-0.25, -0.2) is 0 Å². The highest BCUT2D eigenvalue weighted by molar-refractivity contribution is 7.80. The summed E-state index contributed by atoms with van der Waals surface area (Å²) in [4.78, 5) is 21.1. The van der Waals surface area contributed by atoms with E-state index in [0.29, 0.717) is 5.69 Å². The fraction of sp³-hybridized carbons (Fsp3) is 0.350. The zero-order chi connectivity index (χ0) is 22.4. The van der Waals surface area contributed by atoms with E-state index in [9.17, 15) is 4.79 Å². The monoisotopic (exact) mass is 500 g/mol. The summed E-state index contributed by atoms with van der Waals surface area (Å²) >= 11 is 23.6. The zero-order valence-electron chi connectivity index (χ0n) is 16.8. The number of pyridine rings is 1. The van der Waals surface area contributed by atoms with Crippen molar-refractivity contribution < 1.29 is 4.79 Å². The highest BCUT2D eigenvalue weighted by Gasteiger charge is 2.34. The number of nitrogens with zero attached hydrogens (tertiary/aromatic N) is 3. The molecule has 3 rings (SSSR count). The number of benzene rings is 1. The third kappa shape index (κ3) is 7.08. The van der Waals surface area contributed by atoms with Crippen molar-refractivity contribution in [2.75, 3.05) is 38.5 Å². The highest BCUT2D eigenvalue weighted by atomic mass is 35.6. The van der Waals surface area contributed by atoms with Crippen molar-refractivity contribution in [1.82, 2.24) is 25.4 Å². The smallest absolute Gasteiger partial charge is 0.247 e. The van der Waals surface area contributed by atoms with Crippen LogP contribution in [0.15, 0.2) is 48.8 Å². The Balaban J connectivity index is 1.61. The van der Waals surface area contributed by atoms with E-state index in [1.165, 1.54) is 6.08 Å². The number of rotatable bonds is 5. The lowest BCUT2D eigenvalue weighted by atomic mass is 10.2. The Labute approximate surface area is 201 Å². The average Bonchev–Trinajstić information content (AvgIpc) is 2.72. The van der Waals surface area contributed by atoms with Gasteiger partial charge in [-0.15, -0.1) is 0 Å². The Kier molecular flexibility index (Phi) is 8.18. The van der Waals surface area contributed by atoms with Crippen molar-refractivity contribution in [2.24, 2.45) is 0 Å². The highest BCUT2D eigenvalue weighted by Crippen LogP contribution is 2.29. The summed E-state index contributed by atoms with van der Waals surface area (Å²) in [6.07, 6.45) is 3.81. The van der Waals surface area contributed by atoms with Gasteiger partial charge in [-0.05, 0) is 31.4 Å². The molecule has 0 radical (unpaired) electrons. The molecule has 11 heteroatoms. The number of carbonyl (C=O) groups excluding carboxylic acids is 1. The number of nitrogens with one attached hydrogen (secondary N) is 3. The molecule has 1 saturated heterocycles. The van der Waals surface area contributed by atoms with Crippen molar-refractivity contribution in [2.45, 2.75) is 9.96 Å². The van der Waals surface area contributed by atoms with Crippen molar-refractivity contribution in [1.29, 1.82) is 0 Å². The van der Waals surface area contributed by atoms with E-state index in [1.807, 2.05) is 30.3 Å². The van der Waals surface area contributed by atoms with Crippen LogP contribution in [0.2, 0.25) is 0 Å². The van der Waals surface area contributed by atoms with Crippen molar-refractivity contribution in [3.05, 3.63) is 48.8 Å². The van der Waals surface area contributed by atoms with E-state index in [1.54, 1.807) is 12.4 Å². The van der Waals surface area contributed by atoms with Crippen LogP contribution in [0, 0.1) is 0 Å². The lowest BCUT2D eigenvalue weighted by molar-refractivity contribution is -0.117. The second-order valence-corrected chi connectivity index (χ2v) is 9.89. The maximum absolute atomic E-state index is 12.4. The summed E-state index contributed by atoms with van der Waals surface area (Å²) in [5, 5.41) is 9.68. The van der Waals surface area contributed by atoms with Crippen LogP contribution >= 0.6 is 47.0 Å². The van der Waals surface area contributed by atoms with Crippen LogP contribution in [-0.2, 0) is 4.79 Å². The third-order valence-electron chi connectivity index (χ3n) is 4.74. The zero-order valence-corrected chi connectivity index (χ0v) is 19.9. The number of alkyl halides is 3. The summed E-state index contributed by atoms with van der Waals surface area (Å²) < 4.78 is -1.83. The first-order valence-electron chi connectivity index (χ1n) is 9.61. The summed E-state index contributed by atoms with van der Waals surface area (Å²) in [5.74, 6) is -0.405. The predicted molar refractivity (Wildman–Crippen MR) is 132 cm³/mol. The number of aromatic nitrogens is 1. The molecular weight excluding hydrogens is 479 g/mol. The molecule has 1 amide bonds. The van der Waals surface area contributed by atoms with Gasteiger partial charge in [-0.1, -0.05) is 53.0 Å². The molecule has 0 bridgehead atoms. The summed E-state index contributed by atoms with van der Waals surface area (Å²) in [5.41, 5.74) is 1.44. The molecule has 7 nitrogen and oxygen atoms in total. The van der Waals surface area contributed by atoms with E-state index in [-0.39, 0.29) is 5.11 Å². The molecule has 0 aliphatic carbocycles. The number of piperazine rings is 1. The molecule has 1 aromatic heterocycles. The van der Waals surface area contributed by atoms with Gasteiger partial charge >= 0.3 is 0 Å². The van der Waals surface area contributed by atoms with Gasteiger partial charge in [0.25, 0.3) is 0 Å². The van der Waals surface area contributed by atoms with Crippen LogP contribution in [0.5, 0.6) is 0 Å². The van der Waals surface area contributed by atoms with E-state index in [4.69, 9.17) is 47.0 Å².